The zero-order chi connectivity index (χ0) is 16.5. The van der Waals surface area contributed by atoms with E-state index in [0.29, 0.717) is 0 Å². The number of nitro groups is 1. The van der Waals surface area contributed by atoms with E-state index in [-0.39, 0.29) is 21.3 Å². The Bertz CT molecular complexity index is 824. The van der Waals surface area contributed by atoms with E-state index >= 15 is 0 Å². The number of sulfonamides is 1. The molecule has 0 N–H and O–H groups in total. The molecule has 2 aromatic carbocycles. The minimum absolute atomic E-state index is 0.124. The highest BCUT2D eigenvalue weighted by molar-refractivity contribution is 7.92. The topological polar surface area (TPSA) is 80.5 Å². The quantitative estimate of drug-likeness (QED) is 0.630. The second kappa shape index (κ2) is 5.90. The molecule has 0 radical (unpaired) electrons. The van der Waals surface area contributed by atoms with Crippen molar-refractivity contribution in [1.29, 1.82) is 0 Å². The van der Waals surface area contributed by atoms with Crippen LogP contribution in [0.15, 0.2) is 47.4 Å². The van der Waals surface area contributed by atoms with Crippen LogP contribution in [0.25, 0.3) is 0 Å². The molecule has 0 amide bonds. The Morgan fingerprint density at radius 2 is 1.77 bits per heavy atom. The monoisotopic (exact) mass is 344 g/mol. The Balaban J connectivity index is 2.40. The maximum atomic E-state index is 13.1. The fourth-order valence-electron chi connectivity index (χ4n) is 1.72. The second-order valence-corrected chi connectivity index (χ2v) is 6.70. The highest BCUT2D eigenvalue weighted by atomic mass is 35.5. The molecule has 0 aliphatic rings. The van der Waals surface area contributed by atoms with Crippen LogP contribution in [-0.4, -0.2) is 20.4 Å². The number of halogens is 2. The summed E-state index contributed by atoms with van der Waals surface area (Å²) in [7, 11) is -2.66. The molecule has 0 heterocycles. The number of anilines is 1. The summed E-state index contributed by atoms with van der Waals surface area (Å²) in [5.41, 5.74) is -0.0452. The van der Waals surface area contributed by atoms with Crippen LogP contribution < -0.4 is 4.31 Å². The molecule has 0 bridgehead atoms. The molecule has 2 rings (SSSR count). The lowest BCUT2D eigenvalue weighted by atomic mass is 10.3. The van der Waals surface area contributed by atoms with Gasteiger partial charge in [0.2, 0.25) is 0 Å². The number of nitrogens with zero attached hydrogens (tertiary/aromatic N) is 2. The van der Waals surface area contributed by atoms with Crippen LogP contribution in [0.5, 0.6) is 0 Å². The van der Waals surface area contributed by atoms with E-state index in [9.17, 15) is 22.9 Å². The van der Waals surface area contributed by atoms with Crippen molar-refractivity contribution in [3.05, 3.63) is 63.4 Å². The summed E-state index contributed by atoms with van der Waals surface area (Å²) in [5.74, 6) is -0.661. The van der Waals surface area contributed by atoms with Crippen molar-refractivity contribution >= 4 is 33.0 Å². The van der Waals surface area contributed by atoms with E-state index in [2.05, 4.69) is 0 Å². The Morgan fingerprint density at radius 3 is 2.27 bits per heavy atom. The third-order valence-corrected chi connectivity index (χ3v) is 5.06. The van der Waals surface area contributed by atoms with Crippen molar-refractivity contribution in [1.82, 2.24) is 0 Å². The predicted molar refractivity (Wildman–Crippen MR) is 80.1 cm³/mol. The zero-order valence-corrected chi connectivity index (χ0v) is 12.8. The first-order valence-corrected chi connectivity index (χ1v) is 7.74. The first kappa shape index (κ1) is 16.2. The van der Waals surface area contributed by atoms with Crippen molar-refractivity contribution in [2.24, 2.45) is 0 Å². The summed E-state index contributed by atoms with van der Waals surface area (Å²) in [4.78, 5) is 9.83. The average molecular weight is 345 g/mol. The third kappa shape index (κ3) is 3.02. The van der Waals surface area contributed by atoms with Gasteiger partial charge in [-0.3, -0.25) is 14.4 Å². The molecule has 6 nitrogen and oxygen atoms in total. The van der Waals surface area contributed by atoms with Crippen molar-refractivity contribution in [3.63, 3.8) is 0 Å². The molecule has 0 saturated heterocycles. The predicted octanol–water partition coefficient (Wildman–Crippen LogP) is 3.21. The van der Waals surface area contributed by atoms with E-state index in [0.717, 1.165) is 34.6 Å². The molecule has 0 aliphatic heterocycles. The first-order chi connectivity index (χ1) is 10.2. The van der Waals surface area contributed by atoms with Crippen molar-refractivity contribution in [2.75, 3.05) is 11.4 Å². The minimum Gasteiger partial charge on any atom is -0.269 e. The number of benzene rings is 2. The lowest BCUT2D eigenvalue weighted by Gasteiger charge is -2.19. The highest BCUT2D eigenvalue weighted by Gasteiger charge is 2.22. The molecule has 2 aromatic rings. The van der Waals surface area contributed by atoms with E-state index in [1.54, 1.807) is 0 Å². The molecule has 0 spiro atoms. The second-order valence-electron chi connectivity index (χ2n) is 4.32. The number of rotatable bonds is 4. The summed E-state index contributed by atoms with van der Waals surface area (Å²) in [6, 6.07) is 7.96. The fourth-order valence-corrected chi connectivity index (χ4v) is 3.08. The molecule has 0 aliphatic carbocycles. The standard InChI is InChI=1S/C13H10ClFN2O4S/c1-16(10-4-7-13(15)12(14)8-10)22(20,21)11-5-2-9(3-6-11)17(18)19/h2-8H,1H3. The van der Waals surface area contributed by atoms with Gasteiger partial charge in [0.1, 0.15) is 5.82 Å². The molecule has 0 unspecified atom stereocenters. The molecule has 0 fully saturated rings. The van der Waals surface area contributed by atoms with Crippen LogP contribution in [0.2, 0.25) is 5.02 Å². The van der Waals surface area contributed by atoms with Gasteiger partial charge in [-0.1, -0.05) is 11.6 Å². The maximum Gasteiger partial charge on any atom is 0.269 e. The molecule has 0 saturated carbocycles. The maximum absolute atomic E-state index is 13.1. The van der Waals surface area contributed by atoms with Crippen LogP contribution >= 0.6 is 11.6 Å². The van der Waals surface area contributed by atoms with E-state index in [1.807, 2.05) is 0 Å². The lowest BCUT2D eigenvalue weighted by Crippen LogP contribution is -2.26. The van der Waals surface area contributed by atoms with Crippen LogP contribution in [0.3, 0.4) is 0 Å². The number of non-ortho nitro benzene ring substituents is 1. The van der Waals surface area contributed by atoms with Gasteiger partial charge in [0.05, 0.1) is 20.5 Å². The zero-order valence-electron chi connectivity index (χ0n) is 11.2. The van der Waals surface area contributed by atoms with Gasteiger partial charge in [0.15, 0.2) is 0 Å². The summed E-state index contributed by atoms with van der Waals surface area (Å²) < 4.78 is 38.9. The summed E-state index contributed by atoms with van der Waals surface area (Å²) in [5, 5.41) is 10.4. The van der Waals surface area contributed by atoms with E-state index in [1.165, 1.54) is 19.2 Å². The van der Waals surface area contributed by atoms with Gasteiger partial charge in [-0.25, -0.2) is 12.8 Å². The van der Waals surface area contributed by atoms with Gasteiger partial charge >= 0.3 is 0 Å². The van der Waals surface area contributed by atoms with Crippen molar-refractivity contribution < 1.29 is 17.7 Å². The van der Waals surface area contributed by atoms with Crippen LogP contribution in [0.4, 0.5) is 15.8 Å². The smallest absolute Gasteiger partial charge is 0.269 e. The number of hydrogen-bond acceptors (Lipinski definition) is 4. The van der Waals surface area contributed by atoms with Gasteiger partial charge < -0.3 is 0 Å². The van der Waals surface area contributed by atoms with Gasteiger partial charge in [-0.2, -0.15) is 0 Å². The van der Waals surface area contributed by atoms with Gasteiger partial charge in [0, 0.05) is 19.2 Å². The van der Waals surface area contributed by atoms with Crippen LogP contribution in [0, 0.1) is 15.9 Å². The third-order valence-electron chi connectivity index (χ3n) is 2.97. The fraction of sp³-hybridized carbons (Fsp3) is 0.0769. The van der Waals surface area contributed by atoms with Crippen molar-refractivity contribution in [2.45, 2.75) is 4.90 Å². The van der Waals surface area contributed by atoms with Crippen LogP contribution in [-0.2, 0) is 10.0 Å². The molecular formula is C13H10ClFN2O4S. The highest BCUT2D eigenvalue weighted by Crippen LogP contribution is 2.27. The molecule has 0 aromatic heterocycles. The number of nitro benzene ring substituents is 1. The molecule has 9 heteroatoms. The summed E-state index contributed by atoms with van der Waals surface area (Å²) in [6.45, 7) is 0. The van der Waals surface area contributed by atoms with Gasteiger partial charge in [-0.15, -0.1) is 0 Å². The molecule has 22 heavy (non-hydrogen) atoms. The summed E-state index contributed by atoms with van der Waals surface area (Å²) in [6.07, 6.45) is 0. The van der Waals surface area contributed by atoms with E-state index < -0.39 is 20.8 Å². The summed E-state index contributed by atoms with van der Waals surface area (Å²) >= 11 is 5.64. The first-order valence-electron chi connectivity index (χ1n) is 5.92. The van der Waals surface area contributed by atoms with E-state index in [4.69, 9.17) is 11.6 Å². The Kier molecular flexibility index (Phi) is 4.34. The normalized spacial score (nSPS) is 11.2. The number of hydrogen-bond donors (Lipinski definition) is 0. The van der Waals surface area contributed by atoms with Crippen molar-refractivity contribution in [3.8, 4) is 0 Å². The largest absolute Gasteiger partial charge is 0.269 e. The SMILES string of the molecule is CN(c1ccc(F)c(Cl)c1)S(=O)(=O)c1ccc([N+](=O)[O-])cc1. The molecular weight excluding hydrogens is 335 g/mol. The minimum atomic E-state index is -3.93. The Hall–Kier alpha value is -2.19. The van der Waals surface area contributed by atoms with Gasteiger partial charge in [-0.05, 0) is 30.3 Å². The Labute approximate surface area is 130 Å². The Morgan fingerprint density at radius 1 is 1.18 bits per heavy atom. The van der Waals surface area contributed by atoms with Crippen LogP contribution in [0.1, 0.15) is 0 Å². The molecule has 0 atom stereocenters. The lowest BCUT2D eigenvalue weighted by molar-refractivity contribution is -0.384. The molecule has 116 valence electrons. The van der Waals surface area contributed by atoms with Gasteiger partial charge in [0.25, 0.3) is 15.7 Å². The average Bonchev–Trinajstić information content (AvgIpc) is 2.49.